The zero-order chi connectivity index (χ0) is 20.4. The standard InChI is InChI=1S/C26H27N3/c1-18(2)20-10-14-22(15-11-20)25-27-28-26(29(25)24-8-6-5-7-9-24)23-16-12-21(13-17-23)19(3)4/h5-19H,1-4H3. The zero-order valence-electron chi connectivity index (χ0n) is 17.5. The van der Waals surface area contributed by atoms with Crippen molar-refractivity contribution in [3.63, 3.8) is 0 Å². The summed E-state index contributed by atoms with van der Waals surface area (Å²) in [5.41, 5.74) is 5.84. The van der Waals surface area contributed by atoms with Crippen LogP contribution in [0.3, 0.4) is 0 Å². The fraction of sp³-hybridized carbons (Fsp3) is 0.231. The van der Waals surface area contributed by atoms with Gasteiger partial charge < -0.3 is 0 Å². The van der Waals surface area contributed by atoms with E-state index in [4.69, 9.17) is 0 Å². The van der Waals surface area contributed by atoms with E-state index in [9.17, 15) is 0 Å². The van der Waals surface area contributed by atoms with Gasteiger partial charge in [-0.25, -0.2) is 0 Å². The Kier molecular flexibility index (Phi) is 5.30. The number of aromatic nitrogens is 3. The number of nitrogens with zero attached hydrogens (tertiary/aromatic N) is 3. The highest BCUT2D eigenvalue weighted by Crippen LogP contribution is 2.30. The summed E-state index contributed by atoms with van der Waals surface area (Å²) in [6, 6.07) is 27.6. The molecule has 0 aliphatic carbocycles. The average molecular weight is 382 g/mol. The van der Waals surface area contributed by atoms with Crippen LogP contribution in [-0.2, 0) is 0 Å². The number of rotatable bonds is 5. The lowest BCUT2D eigenvalue weighted by Gasteiger charge is -2.12. The molecule has 0 aliphatic heterocycles. The second kappa shape index (κ2) is 8.04. The fourth-order valence-corrected chi connectivity index (χ4v) is 3.51. The Labute approximate surface area is 173 Å². The van der Waals surface area contributed by atoms with Gasteiger partial charge in [0.15, 0.2) is 11.6 Å². The molecule has 0 amide bonds. The van der Waals surface area contributed by atoms with E-state index in [1.807, 2.05) is 18.2 Å². The molecule has 0 fully saturated rings. The van der Waals surface area contributed by atoms with Gasteiger partial charge in [0.1, 0.15) is 0 Å². The summed E-state index contributed by atoms with van der Waals surface area (Å²) in [7, 11) is 0. The van der Waals surface area contributed by atoms with E-state index >= 15 is 0 Å². The van der Waals surface area contributed by atoms with E-state index in [-0.39, 0.29) is 0 Å². The molecule has 3 nitrogen and oxygen atoms in total. The summed E-state index contributed by atoms with van der Waals surface area (Å²) in [4.78, 5) is 0. The maximum Gasteiger partial charge on any atom is 0.168 e. The predicted octanol–water partition coefficient (Wildman–Crippen LogP) is 6.85. The first kappa shape index (κ1) is 19.1. The third-order valence-electron chi connectivity index (χ3n) is 5.35. The van der Waals surface area contributed by atoms with E-state index in [1.54, 1.807) is 0 Å². The molecule has 0 N–H and O–H groups in total. The minimum Gasteiger partial charge on any atom is -0.275 e. The number of hydrogen-bond donors (Lipinski definition) is 0. The first-order valence-corrected chi connectivity index (χ1v) is 10.3. The van der Waals surface area contributed by atoms with E-state index in [0.29, 0.717) is 11.8 Å². The summed E-state index contributed by atoms with van der Waals surface area (Å²) in [6.07, 6.45) is 0. The van der Waals surface area contributed by atoms with Gasteiger partial charge in [0, 0.05) is 16.8 Å². The Hall–Kier alpha value is -3.20. The molecule has 0 unspecified atom stereocenters. The summed E-state index contributed by atoms with van der Waals surface area (Å²) in [5.74, 6) is 2.72. The highest BCUT2D eigenvalue weighted by molar-refractivity contribution is 5.67. The molecule has 3 aromatic carbocycles. The molecule has 0 saturated carbocycles. The topological polar surface area (TPSA) is 30.7 Å². The van der Waals surface area contributed by atoms with Crippen molar-refractivity contribution in [3.05, 3.63) is 90.0 Å². The first-order chi connectivity index (χ1) is 14.0. The summed E-state index contributed by atoms with van der Waals surface area (Å²) >= 11 is 0. The second-order valence-corrected chi connectivity index (χ2v) is 8.07. The molecule has 0 radical (unpaired) electrons. The van der Waals surface area contributed by atoms with Crippen LogP contribution in [0.5, 0.6) is 0 Å². The normalized spacial score (nSPS) is 11.4. The number of para-hydroxylation sites is 1. The highest BCUT2D eigenvalue weighted by atomic mass is 15.3. The Morgan fingerprint density at radius 2 is 0.966 bits per heavy atom. The first-order valence-electron chi connectivity index (χ1n) is 10.3. The minimum atomic E-state index is 0.506. The Bertz CT molecular complexity index is 1000. The van der Waals surface area contributed by atoms with Gasteiger partial charge in [-0.2, -0.15) is 0 Å². The second-order valence-electron chi connectivity index (χ2n) is 8.07. The fourth-order valence-electron chi connectivity index (χ4n) is 3.51. The van der Waals surface area contributed by atoms with Crippen molar-refractivity contribution in [1.29, 1.82) is 0 Å². The SMILES string of the molecule is CC(C)c1ccc(-c2nnc(-c3ccc(C(C)C)cc3)n2-c2ccccc2)cc1. The maximum atomic E-state index is 4.58. The van der Waals surface area contributed by atoms with E-state index < -0.39 is 0 Å². The lowest BCUT2D eigenvalue weighted by molar-refractivity contribution is 0.866. The predicted molar refractivity (Wildman–Crippen MR) is 120 cm³/mol. The lowest BCUT2D eigenvalue weighted by Crippen LogP contribution is -2.00. The molecule has 0 saturated heterocycles. The molecule has 0 atom stereocenters. The molecular weight excluding hydrogens is 354 g/mol. The molecule has 29 heavy (non-hydrogen) atoms. The zero-order valence-corrected chi connectivity index (χ0v) is 17.5. The van der Waals surface area contributed by atoms with Crippen LogP contribution in [0, 0.1) is 0 Å². The largest absolute Gasteiger partial charge is 0.275 e. The molecule has 3 heteroatoms. The van der Waals surface area contributed by atoms with Crippen molar-refractivity contribution in [3.8, 4) is 28.5 Å². The molecular formula is C26H27N3. The van der Waals surface area contributed by atoms with Gasteiger partial charge in [0.2, 0.25) is 0 Å². The van der Waals surface area contributed by atoms with Crippen LogP contribution in [0.1, 0.15) is 50.7 Å². The number of hydrogen-bond acceptors (Lipinski definition) is 2. The maximum absolute atomic E-state index is 4.58. The van der Waals surface area contributed by atoms with Crippen LogP contribution in [0.4, 0.5) is 0 Å². The van der Waals surface area contributed by atoms with Crippen LogP contribution < -0.4 is 0 Å². The molecule has 0 spiro atoms. The van der Waals surface area contributed by atoms with Crippen LogP contribution in [0.15, 0.2) is 78.9 Å². The van der Waals surface area contributed by atoms with Crippen LogP contribution in [-0.4, -0.2) is 14.8 Å². The molecule has 0 aliphatic rings. The van der Waals surface area contributed by atoms with Crippen molar-refractivity contribution < 1.29 is 0 Å². The van der Waals surface area contributed by atoms with Crippen molar-refractivity contribution in [2.24, 2.45) is 0 Å². The smallest absolute Gasteiger partial charge is 0.168 e. The van der Waals surface area contributed by atoms with Crippen molar-refractivity contribution in [2.45, 2.75) is 39.5 Å². The summed E-state index contributed by atoms with van der Waals surface area (Å²) in [6.45, 7) is 8.83. The van der Waals surface area contributed by atoms with Gasteiger partial charge in [-0.05, 0) is 35.1 Å². The monoisotopic (exact) mass is 381 g/mol. The Morgan fingerprint density at radius 3 is 1.34 bits per heavy atom. The van der Waals surface area contributed by atoms with Gasteiger partial charge >= 0.3 is 0 Å². The molecule has 146 valence electrons. The van der Waals surface area contributed by atoms with Gasteiger partial charge in [0.25, 0.3) is 0 Å². The van der Waals surface area contributed by atoms with Crippen LogP contribution >= 0.6 is 0 Å². The minimum absolute atomic E-state index is 0.506. The van der Waals surface area contributed by atoms with E-state index in [1.165, 1.54) is 11.1 Å². The van der Waals surface area contributed by atoms with Crippen molar-refractivity contribution in [1.82, 2.24) is 14.8 Å². The van der Waals surface area contributed by atoms with Crippen LogP contribution in [0.2, 0.25) is 0 Å². The van der Waals surface area contributed by atoms with E-state index in [0.717, 1.165) is 28.5 Å². The molecule has 4 aromatic rings. The van der Waals surface area contributed by atoms with Crippen LogP contribution in [0.25, 0.3) is 28.5 Å². The van der Waals surface area contributed by atoms with Gasteiger partial charge in [-0.1, -0.05) is 94.4 Å². The third kappa shape index (κ3) is 3.86. The number of benzene rings is 3. The Balaban J connectivity index is 1.85. The summed E-state index contributed by atoms with van der Waals surface area (Å²) in [5, 5.41) is 9.17. The van der Waals surface area contributed by atoms with Gasteiger partial charge in [-0.15, -0.1) is 10.2 Å². The van der Waals surface area contributed by atoms with Gasteiger partial charge in [-0.3, -0.25) is 4.57 Å². The van der Waals surface area contributed by atoms with E-state index in [2.05, 4.69) is 103 Å². The third-order valence-corrected chi connectivity index (χ3v) is 5.35. The Morgan fingerprint density at radius 1 is 0.552 bits per heavy atom. The van der Waals surface area contributed by atoms with Crippen molar-refractivity contribution >= 4 is 0 Å². The quantitative estimate of drug-likeness (QED) is 0.378. The molecule has 0 bridgehead atoms. The van der Waals surface area contributed by atoms with Crippen molar-refractivity contribution in [2.75, 3.05) is 0 Å². The average Bonchev–Trinajstić information content (AvgIpc) is 3.19. The molecule has 1 aromatic heterocycles. The van der Waals surface area contributed by atoms with Gasteiger partial charge in [0.05, 0.1) is 0 Å². The molecule has 1 heterocycles. The summed E-state index contributed by atoms with van der Waals surface area (Å²) < 4.78 is 2.15. The molecule has 4 rings (SSSR count). The lowest BCUT2D eigenvalue weighted by atomic mass is 10.0. The highest BCUT2D eigenvalue weighted by Gasteiger charge is 2.17.